The smallest absolute Gasteiger partial charge is 0.224 e. The fourth-order valence-electron chi connectivity index (χ4n) is 2.63. The first kappa shape index (κ1) is 27.8. The number of aliphatic hydroxyl groups is 1. The van der Waals surface area contributed by atoms with Crippen LogP contribution in [0.25, 0.3) is 0 Å². The number of Topliss-reactive ketones (excluding diaryl/α,β-unsaturated/α-hetero) is 8. The highest BCUT2D eigenvalue weighted by molar-refractivity contribution is 6.13. The number of hydrogen-bond acceptors (Lipinski definition) is 10. The van der Waals surface area contributed by atoms with Crippen molar-refractivity contribution in [3.05, 3.63) is 0 Å². The molecule has 1 unspecified atom stereocenters. The molecule has 11 heteroatoms. The largest absolute Gasteiger partial charge is 0.392 e. The summed E-state index contributed by atoms with van der Waals surface area (Å²) in [5.41, 5.74) is 4.81. The molecule has 0 heterocycles. The summed E-state index contributed by atoms with van der Waals surface area (Å²) in [7, 11) is 0. The fraction of sp³-hybridized carbons (Fsp3) is 0.550. The van der Waals surface area contributed by atoms with Gasteiger partial charge in [0, 0.05) is 12.8 Å². The molecule has 31 heavy (non-hydrogen) atoms. The number of hydrogen-bond donors (Lipinski definition) is 2. The molecule has 1 amide bonds. The van der Waals surface area contributed by atoms with Gasteiger partial charge in [-0.1, -0.05) is 0 Å². The van der Waals surface area contributed by atoms with Gasteiger partial charge in [-0.15, -0.1) is 0 Å². The Morgan fingerprint density at radius 2 is 0.839 bits per heavy atom. The zero-order chi connectivity index (χ0) is 24.1. The molecule has 0 bridgehead atoms. The Morgan fingerprint density at radius 1 is 0.548 bits per heavy atom. The molecule has 0 saturated heterocycles. The minimum Gasteiger partial charge on any atom is -0.392 e. The Hall–Kier alpha value is -3.21. The molecule has 0 aliphatic heterocycles. The van der Waals surface area contributed by atoms with Crippen molar-refractivity contribution in [2.24, 2.45) is 5.73 Å². The van der Waals surface area contributed by atoms with Crippen LogP contribution in [0.1, 0.15) is 64.7 Å². The monoisotopic (exact) mass is 439 g/mol. The lowest BCUT2D eigenvalue weighted by atomic mass is 9.98. The second kappa shape index (κ2) is 13.9. The van der Waals surface area contributed by atoms with Gasteiger partial charge in [-0.2, -0.15) is 0 Å². The Labute approximate surface area is 177 Å². The lowest BCUT2D eigenvalue weighted by molar-refractivity contribution is -0.134. The SMILES string of the molecule is CC(=O)CC(=O)CC(=O)CC(=O)CC(O)CC(=O)CC(=O)CC(=O)CC(=O)CC(N)=O. The standard InChI is InChI=1S/C20H25NO10/c1-11(22)2-12(23)3-13(24)4-14(25)5-15(26)6-16(27)7-17(28)8-18(29)9-19(30)10-20(21)31/h15,26H,2-10H2,1H3,(H2,21,31). The van der Waals surface area contributed by atoms with Crippen LogP contribution in [-0.2, 0) is 43.2 Å². The number of amides is 1. The van der Waals surface area contributed by atoms with E-state index in [9.17, 15) is 48.3 Å². The summed E-state index contributed by atoms with van der Waals surface area (Å²) in [6.07, 6.45) is -6.89. The van der Waals surface area contributed by atoms with Crippen molar-refractivity contribution in [1.29, 1.82) is 0 Å². The highest BCUT2D eigenvalue weighted by atomic mass is 16.3. The lowest BCUT2D eigenvalue weighted by Gasteiger charge is -2.08. The predicted octanol–water partition coefficient (Wildman–Crippen LogP) is -1.08. The summed E-state index contributed by atoms with van der Waals surface area (Å²) in [5, 5.41) is 9.77. The zero-order valence-corrected chi connectivity index (χ0v) is 17.1. The van der Waals surface area contributed by atoms with E-state index < -0.39 is 116 Å². The van der Waals surface area contributed by atoms with Gasteiger partial charge >= 0.3 is 0 Å². The van der Waals surface area contributed by atoms with Crippen molar-refractivity contribution in [3.8, 4) is 0 Å². The van der Waals surface area contributed by atoms with E-state index in [0.29, 0.717) is 0 Å². The molecule has 0 aliphatic rings. The normalized spacial score (nSPS) is 11.3. The van der Waals surface area contributed by atoms with Crippen LogP contribution in [0.3, 0.4) is 0 Å². The molecule has 0 aromatic heterocycles. The van der Waals surface area contributed by atoms with E-state index in [1.54, 1.807) is 0 Å². The Balaban J connectivity index is 4.29. The van der Waals surface area contributed by atoms with Crippen LogP contribution < -0.4 is 5.73 Å². The molecule has 0 saturated carbocycles. The minimum atomic E-state index is -1.46. The topological polar surface area (TPSA) is 200 Å². The third-order valence-corrected chi connectivity index (χ3v) is 3.72. The lowest BCUT2D eigenvalue weighted by Crippen LogP contribution is -2.23. The number of nitrogens with two attached hydrogens (primary N) is 1. The third-order valence-electron chi connectivity index (χ3n) is 3.72. The number of ketones is 8. The average Bonchev–Trinajstić information content (AvgIpc) is 2.50. The molecule has 11 nitrogen and oxygen atoms in total. The Bertz CT molecular complexity index is 796. The molecule has 3 N–H and O–H groups in total. The van der Waals surface area contributed by atoms with Gasteiger partial charge in [0.15, 0.2) is 0 Å². The van der Waals surface area contributed by atoms with E-state index >= 15 is 0 Å². The van der Waals surface area contributed by atoms with E-state index in [1.807, 2.05) is 0 Å². The molecule has 0 radical (unpaired) electrons. The van der Waals surface area contributed by atoms with Gasteiger partial charge in [0.2, 0.25) is 5.91 Å². The molecule has 0 aromatic rings. The van der Waals surface area contributed by atoms with Gasteiger partial charge in [-0.05, 0) is 6.92 Å². The maximum absolute atomic E-state index is 11.8. The number of carbonyl (C=O) groups excluding carboxylic acids is 9. The van der Waals surface area contributed by atoms with E-state index in [1.165, 1.54) is 6.92 Å². The summed E-state index contributed by atoms with van der Waals surface area (Å²) >= 11 is 0. The van der Waals surface area contributed by atoms with Crippen molar-refractivity contribution in [2.45, 2.75) is 70.8 Å². The molecular formula is C20H25NO10. The zero-order valence-electron chi connectivity index (χ0n) is 17.1. The summed E-state index contributed by atoms with van der Waals surface area (Å²) in [6.45, 7) is 1.19. The van der Waals surface area contributed by atoms with Crippen molar-refractivity contribution < 1.29 is 48.3 Å². The van der Waals surface area contributed by atoms with Crippen molar-refractivity contribution in [3.63, 3.8) is 0 Å². The van der Waals surface area contributed by atoms with Gasteiger partial charge < -0.3 is 10.8 Å². The second-order valence-electron chi connectivity index (χ2n) is 7.24. The number of rotatable bonds is 18. The molecule has 0 fully saturated rings. The summed E-state index contributed by atoms with van der Waals surface area (Å²) in [6, 6.07) is 0. The fourth-order valence-corrected chi connectivity index (χ4v) is 2.63. The van der Waals surface area contributed by atoms with Crippen molar-refractivity contribution in [1.82, 2.24) is 0 Å². The molecular weight excluding hydrogens is 414 g/mol. The quantitative estimate of drug-likeness (QED) is 0.247. The summed E-state index contributed by atoms with van der Waals surface area (Å²) < 4.78 is 0. The van der Waals surface area contributed by atoms with Gasteiger partial charge in [-0.25, -0.2) is 0 Å². The Morgan fingerprint density at radius 3 is 1.16 bits per heavy atom. The second-order valence-corrected chi connectivity index (χ2v) is 7.24. The summed E-state index contributed by atoms with van der Waals surface area (Å²) in [4.78, 5) is 102. The number of aliphatic hydroxyl groups excluding tert-OH is 1. The molecule has 0 spiro atoms. The van der Waals surface area contributed by atoms with E-state index in [4.69, 9.17) is 5.73 Å². The molecule has 0 aromatic carbocycles. The first-order chi connectivity index (χ1) is 14.3. The first-order valence-corrected chi connectivity index (χ1v) is 9.36. The summed E-state index contributed by atoms with van der Waals surface area (Å²) in [5.74, 6) is -6.43. The molecule has 1 atom stereocenters. The van der Waals surface area contributed by atoms with Crippen molar-refractivity contribution in [2.75, 3.05) is 0 Å². The highest BCUT2D eigenvalue weighted by Crippen LogP contribution is 2.08. The van der Waals surface area contributed by atoms with Crippen LogP contribution in [-0.4, -0.2) is 63.4 Å². The Kier molecular flexibility index (Phi) is 12.5. The van der Waals surface area contributed by atoms with Gasteiger partial charge in [0.05, 0.1) is 51.0 Å². The number of primary amides is 1. The van der Waals surface area contributed by atoms with E-state index in [-0.39, 0.29) is 0 Å². The van der Waals surface area contributed by atoms with E-state index in [0.717, 1.165) is 0 Å². The van der Waals surface area contributed by atoms with Crippen LogP contribution in [0.5, 0.6) is 0 Å². The third kappa shape index (κ3) is 15.3. The van der Waals surface area contributed by atoms with Gasteiger partial charge in [-0.3, -0.25) is 43.2 Å². The van der Waals surface area contributed by atoms with Gasteiger partial charge in [0.25, 0.3) is 0 Å². The van der Waals surface area contributed by atoms with Crippen LogP contribution in [0.15, 0.2) is 0 Å². The van der Waals surface area contributed by atoms with Gasteiger partial charge in [0.1, 0.15) is 46.3 Å². The highest BCUT2D eigenvalue weighted by Gasteiger charge is 2.22. The predicted molar refractivity (Wildman–Crippen MR) is 102 cm³/mol. The van der Waals surface area contributed by atoms with Crippen LogP contribution in [0.2, 0.25) is 0 Å². The molecule has 0 aliphatic carbocycles. The van der Waals surface area contributed by atoms with Crippen molar-refractivity contribution >= 4 is 52.2 Å². The first-order valence-electron chi connectivity index (χ1n) is 9.36. The average molecular weight is 439 g/mol. The molecule has 170 valence electrons. The minimum absolute atomic E-state index is 0.410. The van der Waals surface area contributed by atoms with Crippen LogP contribution in [0.4, 0.5) is 0 Å². The molecule has 0 rings (SSSR count). The van der Waals surface area contributed by atoms with Crippen LogP contribution >= 0.6 is 0 Å². The van der Waals surface area contributed by atoms with Crippen LogP contribution in [0, 0.1) is 0 Å². The number of carbonyl (C=O) groups is 9. The maximum Gasteiger partial charge on any atom is 0.224 e. The van der Waals surface area contributed by atoms with E-state index in [2.05, 4.69) is 0 Å². The maximum atomic E-state index is 11.8.